The zero-order valence-corrected chi connectivity index (χ0v) is 18.8. The summed E-state index contributed by atoms with van der Waals surface area (Å²) in [6, 6.07) is 6.65. The van der Waals surface area contributed by atoms with Gasteiger partial charge in [-0.25, -0.2) is 0 Å². The van der Waals surface area contributed by atoms with Crippen molar-refractivity contribution in [3.8, 4) is 0 Å². The first kappa shape index (κ1) is 24.4. The van der Waals surface area contributed by atoms with Crippen molar-refractivity contribution in [3.05, 3.63) is 29.8 Å². The van der Waals surface area contributed by atoms with E-state index < -0.39 is 11.9 Å². The first-order valence-electron chi connectivity index (χ1n) is 10.8. The number of anilines is 1. The molecule has 0 saturated carbocycles. The van der Waals surface area contributed by atoms with Gasteiger partial charge in [-0.3, -0.25) is 19.2 Å². The second-order valence-corrected chi connectivity index (χ2v) is 8.63. The van der Waals surface area contributed by atoms with Crippen LogP contribution in [0, 0.1) is 11.8 Å². The number of esters is 1. The molecule has 1 aliphatic heterocycles. The number of carbonyl (C=O) groups excluding carboxylic acids is 4. The van der Waals surface area contributed by atoms with Crippen LogP contribution in [0.1, 0.15) is 50.9 Å². The molecule has 2 rings (SSSR count). The number of amides is 3. The molecule has 1 fully saturated rings. The summed E-state index contributed by atoms with van der Waals surface area (Å²) >= 11 is 0. The van der Waals surface area contributed by atoms with E-state index in [0.29, 0.717) is 43.5 Å². The van der Waals surface area contributed by atoms with Crippen molar-refractivity contribution >= 4 is 29.4 Å². The summed E-state index contributed by atoms with van der Waals surface area (Å²) in [5.74, 6) is -0.636. The van der Waals surface area contributed by atoms with Crippen molar-refractivity contribution in [3.63, 3.8) is 0 Å². The van der Waals surface area contributed by atoms with Gasteiger partial charge in [0.15, 0.2) is 6.61 Å². The molecule has 0 aliphatic carbocycles. The maximum atomic E-state index is 12.4. The molecule has 1 N–H and O–H groups in total. The summed E-state index contributed by atoms with van der Waals surface area (Å²) in [5, 5.41) is 2.49. The number of carbonyl (C=O) groups is 4. The number of rotatable bonds is 10. The monoisotopic (exact) mass is 431 g/mol. The molecule has 1 heterocycles. The van der Waals surface area contributed by atoms with E-state index in [1.165, 1.54) is 0 Å². The topological polar surface area (TPSA) is 96.0 Å². The van der Waals surface area contributed by atoms with Crippen LogP contribution in [0.3, 0.4) is 0 Å². The number of ether oxygens (including phenoxy) is 1. The molecule has 170 valence electrons. The van der Waals surface area contributed by atoms with E-state index in [-0.39, 0.29) is 25.0 Å². The number of benzene rings is 1. The van der Waals surface area contributed by atoms with Gasteiger partial charge in [-0.1, -0.05) is 27.7 Å². The maximum absolute atomic E-state index is 12.4. The van der Waals surface area contributed by atoms with Crippen molar-refractivity contribution in [1.29, 1.82) is 0 Å². The van der Waals surface area contributed by atoms with Gasteiger partial charge in [0.05, 0.1) is 0 Å². The minimum atomic E-state index is -0.671. The highest BCUT2D eigenvalue weighted by atomic mass is 16.5. The highest BCUT2D eigenvalue weighted by Gasteiger charge is 2.22. The quantitative estimate of drug-likeness (QED) is 0.573. The average Bonchev–Trinajstić information content (AvgIpc) is 3.15. The second kappa shape index (κ2) is 11.5. The van der Waals surface area contributed by atoms with Crippen molar-refractivity contribution in [2.24, 2.45) is 11.8 Å². The first-order valence-corrected chi connectivity index (χ1v) is 10.8. The predicted octanol–water partition coefficient (Wildman–Crippen LogP) is 2.23. The van der Waals surface area contributed by atoms with Crippen LogP contribution < -0.4 is 10.2 Å². The van der Waals surface area contributed by atoms with E-state index in [0.717, 1.165) is 12.1 Å². The molecule has 0 spiro atoms. The van der Waals surface area contributed by atoms with Gasteiger partial charge in [0.25, 0.3) is 11.8 Å². The van der Waals surface area contributed by atoms with E-state index in [1.807, 2.05) is 27.7 Å². The lowest BCUT2D eigenvalue weighted by Crippen LogP contribution is -2.40. The van der Waals surface area contributed by atoms with Crippen LogP contribution in [0.5, 0.6) is 0 Å². The van der Waals surface area contributed by atoms with Crippen molar-refractivity contribution in [1.82, 2.24) is 10.2 Å². The van der Waals surface area contributed by atoms with Crippen LogP contribution in [0.2, 0.25) is 0 Å². The molecular weight excluding hydrogens is 398 g/mol. The molecule has 0 bridgehead atoms. The molecule has 3 amide bonds. The molecule has 0 atom stereocenters. The van der Waals surface area contributed by atoms with Gasteiger partial charge in [-0.2, -0.15) is 0 Å². The predicted molar refractivity (Wildman–Crippen MR) is 118 cm³/mol. The molecule has 0 radical (unpaired) electrons. The molecule has 8 nitrogen and oxygen atoms in total. The summed E-state index contributed by atoms with van der Waals surface area (Å²) < 4.78 is 5.04. The van der Waals surface area contributed by atoms with E-state index >= 15 is 0 Å². The minimum Gasteiger partial charge on any atom is -0.454 e. The van der Waals surface area contributed by atoms with Crippen molar-refractivity contribution in [2.45, 2.75) is 40.5 Å². The number of nitrogens with zero attached hydrogens (tertiary/aromatic N) is 2. The molecule has 31 heavy (non-hydrogen) atoms. The van der Waals surface area contributed by atoms with Crippen LogP contribution in [-0.4, -0.2) is 61.4 Å². The molecule has 1 aliphatic rings. The van der Waals surface area contributed by atoms with Gasteiger partial charge in [0.2, 0.25) is 5.91 Å². The molecule has 1 aromatic carbocycles. The normalized spacial score (nSPS) is 13.6. The molecular formula is C23H33N3O5. The lowest BCUT2D eigenvalue weighted by atomic mass is 10.1. The number of nitrogens with one attached hydrogen (secondary N) is 1. The average molecular weight is 432 g/mol. The fraction of sp³-hybridized carbons (Fsp3) is 0.565. The Morgan fingerprint density at radius 3 is 2.19 bits per heavy atom. The van der Waals surface area contributed by atoms with Crippen LogP contribution in [0.4, 0.5) is 5.69 Å². The fourth-order valence-corrected chi connectivity index (χ4v) is 3.41. The van der Waals surface area contributed by atoms with E-state index in [1.54, 1.807) is 34.1 Å². The summed E-state index contributed by atoms with van der Waals surface area (Å²) in [7, 11) is 0. The highest BCUT2D eigenvalue weighted by Crippen LogP contribution is 2.21. The van der Waals surface area contributed by atoms with Gasteiger partial charge < -0.3 is 19.9 Å². The van der Waals surface area contributed by atoms with Gasteiger partial charge in [0.1, 0.15) is 6.54 Å². The molecule has 0 aromatic heterocycles. The third-order valence-corrected chi connectivity index (χ3v) is 4.79. The van der Waals surface area contributed by atoms with Gasteiger partial charge in [0, 0.05) is 37.3 Å². The van der Waals surface area contributed by atoms with Crippen LogP contribution in [-0.2, 0) is 19.1 Å². The summed E-state index contributed by atoms with van der Waals surface area (Å²) in [6.45, 7) is 9.32. The Morgan fingerprint density at radius 1 is 1.06 bits per heavy atom. The Morgan fingerprint density at radius 2 is 1.68 bits per heavy atom. The molecule has 1 aromatic rings. The smallest absolute Gasteiger partial charge is 0.325 e. The third-order valence-electron chi connectivity index (χ3n) is 4.79. The molecule has 0 unspecified atom stereocenters. The van der Waals surface area contributed by atoms with Gasteiger partial charge in [-0.15, -0.1) is 0 Å². The lowest BCUT2D eigenvalue weighted by molar-refractivity contribution is -0.151. The lowest BCUT2D eigenvalue weighted by Gasteiger charge is -2.26. The van der Waals surface area contributed by atoms with E-state index in [4.69, 9.17) is 4.74 Å². The zero-order valence-electron chi connectivity index (χ0n) is 18.8. The Kier molecular flexibility index (Phi) is 9.03. The third kappa shape index (κ3) is 7.70. The molecule has 8 heteroatoms. The standard InChI is InChI=1S/C23H33N3O5/c1-16(2)13-25(14-17(3)4)21(28)15-31-22(29)12-24-23(30)18-7-9-19(10-8-18)26-11-5-6-20(26)27/h7-10,16-17H,5-6,11-15H2,1-4H3,(H,24,30). The first-order chi connectivity index (χ1) is 14.7. The second-order valence-electron chi connectivity index (χ2n) is 8.63. The Hall–Kier alpha value is -2.90. The Bertz CT molecular complexity index is 779. The van der Waals surface area contributed by atoms with Gasteiger partial charge in [-0.05, 0) is 42.5 Å². The van der Waals surface area contributed by atoms with E-state index in [2.05, 4.69) is 5.32 Å². The van der Waals surface area contributed by atoms with Crippen LogP contribution in [0.15, 0.2) is 24.3 Å². The summed E-state index contributed by atoms with van der Waals surface area (Å²) in [5.41, 5.74) is 1.13. The van der Waals surface area contributed by atoms with Crippen LogP contribution >= 0.6 is 0 Å². The SMILES string of the molecule is CC(C)CN(CC(C)C)C(=O)COC(=O)CNC(=O)c1ccc(N2CCCC2=O)cc1. The van der Waals surface area contributed by atoms with Crippen molar-refractivity contribution < 1.29 is 23.9 Å². The number of hydrogen-bond donors (Lipinski definition) is 1. The van der Waals surface area contributed by atoms with Gasteiger partial charge >= 0.3 is 5.97 Å². The zero-order chi connectivity index (χ0) is 23.0. The summed E-state index contributed by atoms with van der Waals surface area (Å²) in [4.78, 5) is 51.8. The molecule has 1 saturated heterocycles. The minimum absolute atomic E-state index is 0.0786. The van der Waals surface area contributed by atoms with Crippen molar-refractivity contribution in [2.75, 3.05) is 37.7 Å². The summed E-state index contributed by atoms with van der Waals surface area (Å²) in [6.07, 6.45) is 1.37. The van der Waals surface area contributed by atoms with E-state index in [9.17, 15) is 19.2 Å². The maximum Gasteiger partial charge on any atom is 0.325 e. The number of hydrogen-bond acceptors (Lipinski definition) is 5. The highest BCUT2D eigenvalue weighted by molar-refractivity contribution is 5.98. The Labute approximate surface area is 183 Å². The fourth-order valence-electron chi connectivity index (χ4n) is 3.41. The Balaban J connectivity index is 1.79. The van der Waals surface area contributed by atoms with Crippen LogP contribution in [0.25, 0.3) is 0 Å². The largest absolute Gasteiger partial charge is 0.454 e.